The zero-order valence-electron chi connectivity index (χ0n) is 32.8. The van der Waals surface area contributed by atoms with E-state index in [-0.39, 0.29) is 38.8 Å². The van der Waals surface area contributed by atoms with Gasteiger partial charge in [0.25, 0.3) is 5.67 Å². The standard InChI is InChI=1S/C30H25F28NO10/c1-3-14(60)63-9-8-59-16(62)65-11-13-6-4-12(5-7-13)10-64-15(61)18(32,23(39,40)41)66-28(53,54)19(33,24(42,43)44)68-30(57,58)21(35,26(48,49)50)69-29(55,56)20(34,25(45,46)47)67-27(51,52)17(2,31)22(36,37)38/h3,12-13H,1,4-11H2,2H3,(H,59,62). The lowest BCUT2D eigenvalue weighted by molar-refractivity contribution is -0.590. The van der Waals surface area contributed by atoms with E-state index in [1.807, 2.05) is 0 Å². The molecule has 0 aromatic carbocycles. The number of rotatable bonds is 21. The number of amides is 1. The Kier molecular flexibility index (Phi) is 18.4. The van der Waals surface area contributed by atoms with Crippen LogP contribution in [0.3, 0.4) is 0 Å². The molecule has 1 aliphatic rings. The summed E-state index contributed by atoms with van der Waals surface area (Å²) < 4.78 is 406. The quantitative estimate of drug-likeness (QED) is 0.0390. The Labute approximate surface area is 362 Å². The van der Waals surface area contributed by atoms with Crippen molar-refractivity contribution in [3.05, 3.63) is 12.7 Å². The number of halogens is 28. The van der Waals surface area contributed by atoms with Crippen LogP contribution >= 0.6 is 0 Å². The third kappa shape index (κ3) is 13.2. The molecule has 1 amide bonds. The van der Waals surface area contributed by atoms with Gasteiger partial charge < -0.3 is 19.5 Å². The topological polar surface area (TPSA) is 128 Å². The lowest BCUT2D eigenvalue weighted by Crippen LogP contribution is -2.72. The maximum absolute atomic E-state index is 15.0. The Balaban J connectivity index is 3.56. The number of alkyl halides is 28. The van der Waals surface area contributed by atoms with Gasteiger partial charge in [-0.1, -0.05) is 6.58 Å². The van der Waals surface area contributed by atoms with E-state index in [0.717, 1.165) is 10.8 Å². The van der Waals surface area contributed by atoms with E-state index in [4.69, 9.17) is 4.74 Å². The summed E-state index contributed by atoms with van der Waals surface area (Å²) in [6.07, 6.45) is -77.5. The summed E-state index contributed by atoms with van der Waals surface area (Å²) in [7, 11) is 0. The summed E-state index contributed by atoms with van der Waals surface area (Å²) in [4.78, 5) is 34.7. The SMILES string of the molecule is C=CC(=O)OCCNC(=O)OCC1CCC(COC(=O)C(F)(OC(F)(F)C(F)(OC(F)(F)C(F)(OC(F)(F)C(F)(OC(F)(F)C(C)(F)C(F)(F)F)C(F)(F)F)C(F)(F)F)C(F)(F)F)C(F)(F)F)CC1. The fraction of sp³-hybridized carbons (Fsp3) is 0.833. The smallest absolute Gasteiger partial charge is 0.460 e. The van der Waals surface area contributed by atoms with Gasteiger partial charge in [-0.15, -0.1) is 0 Å². The number of hydrogen-bond acceptors (Lipinski definition) is 10. The van der Waals surface area contributed by atoms with Crippen LogP contribution in [-0.2, 0) is 42.7 Å². The van der Waals surface area contributed by atoms with Gasteiger partial charge in [-0.2, -0.15) is 119 Å². The van der Waals surface area contributed by atoms with Crippen LogP contribution < -0.4 is 5.32 Å². The van der Waals surface area contributed by atoms with Crippen LogP contribution in [0, 0.1) is 11.8 Å². The minimum Gasteiger partial charge on any atom is -0.461 e. The van der Waals surface area contributed by atoms with Crippen LogP contribution in [0.25, 0.3) is 0 Å². The van der Waals surface area contributed by atoms with Crippen LogP contribution in [-0.4, -0.2) is 129 Å². The third-order valence-electron chi connectivity index (χ3n) is 8.65. The molecule has 11 nitrogen and oxygen atoms in total. The number of hydrogen-bond donors (Lipinski definition) is 1. The van der Waals surface area contributed by atoms with Crippen molar-refractivity contribution in [2.24, 2.45) is 11.8 Å². The Morgan fingerprint density at radius 3 is 1.13 bits per heavy atom. The summed E-state index contributed by atoms with van der Waals surface area (Å²) in [5, 5.41) is 2.10. The first kappa shape index (κ1) is 62.8. The van der Waals surface area contributed by atoms with Gasteiger partial charge in [0, 0.05) is 6.08 Å². The molecule has 0 saturated heterocycles. The maximum atomic E-state index is 15.0. The highest BCUT2D eigenvalue weighted by atomic mass is 19.4. The first-order chi connectivity index (χ1) is 30.3. The van der Waals surface area contributed by atoms with Crippen LogP contribution in [0.1, 0.15) is 32.6 Å². The van der Waals surface area contributed by atoms with Crippen molar-refractivity contribution < 1.29 is 170 Å². The summed E-state index contributed by atoms with van der Waals surface area (Å²) >= 11 is 0. The number of carbonyl (C=O) groups is 3. The Hall–Kier alpha value is -4.17. The van der Waals surface area contributed by atoms with Gasteiger partial charge in [0.15, 0.2) is 0 Å². The molecule has 0 aromatic heterocycles. The molecule has 0 radical (unpaired) electrons. The molecule has 0 bridgehead atoms. The van der Waals surface area contributed by atoms with Gasteiger partial charge in [0.1, 0.15) is 6.61 Å². The lowest BCUT2D eigenvalue weighted by atomic mass is 9.83. The largest absolute Gasteiger partial charge is 0.461 e. The van der Waals surface area contributed by atoms with Gasteiger partial charge >= 0.3 is 96.8 Å². The fourth-order valence-corrected chi connectivity index (χ4v) is 4.69. The number of nitrogens with one attached hydrogen (secondary N) is 1. The van der Waals surface area contributed by atoms with Crippen molar-refractivity contribution in [3.63, 3.8) is 0 Å². The summed E-state index contributed by atoms with van der Waals surface area (Å²) in [6, 6.07) is 0. The zero-order valence-corrected chi connectivity index (χ0v) is 32.8. The van der Waals surface area contributed by atoms with E-state index in [1.54, 1.807) is 4.74 Å². The normalized spacial score (nSPS) is 21.9. The Bertz CT molecular complexity index is 1790. The highest BCUT2D eigenvalue weighted by Crippen LogP contribution is 2.61. The third-order valence-corrected chi connectivity index (χ3v) is 8.65. The van der Waals surface area contributed by atoms with Gasteiger partial charge in [-0.05, 0) is 44.4 Å². The van der Waals surface area contributed by atoms with Crippen molar-refractivity contribution in [1.82, 2.24) is 5.32 Å². The van der Waals surface area contributed by atoms with Crippen LogP contribution in [0.15, 0.2) is 12.7 Å². The average molecular weight is 1090 g/mol. The van der Waals surface area contributed by atoms with E-state index in [0.29, 0.717) is 0 Å². The second-order valence-electron chi connectivity index (χ2n) is 13.7. The number of carbonyl (C=O) groups excluding carboxylic acids is 3. The van der Waals surface area contributed by atoms with Crippen molar-refractivity contribution in [3.8, 4) is 0 Å². The van der Waals surface area contributed by atoms with E-state index < -0.39 is 134 Å². The molecule has 1 fully saturated rings. The monoisotopic (exact) mass is 1090 g/mol. The number of esters is 2. The second-order valence-corrected chi connectivity index (χ2v) is 13.7. The van der Waals surface area contributed by atoms with Gasteiger partial charge in [-0.25, -0.2) is 18.8 Å². The molecule has 1 saturated carbocycles. The minimum atomic E-state index is -9.21. The predicted octanol–water partition coefficient (Wildman–Crippen LogP) is 10.4. The first-order valence-electron chi connectivity index (χ1n) is 17.3. The summed E-state index contributed by atoms with van der Waals surface area (Å²) in [5.41, 5.74) is -6.95. The minimum absolute atomic E-state index is 0.163. The summed E-state index contributed by atoms with van der Waals surface area (Å²) in [6.45, 7) is -1.35. The molecule has 69 heavy (non-hydrogen) atoms. The molecule has 1 rings (SSSR count). The number of ether oxygens (including phenoxy) is 7. The average Bonchev–Trinajstić information content (AvgIpc) is 3.14. The van der Waals surface area contributed by atoms with Crippen LogP contribution in [0.5, 0.6) is 0 Å². The van der Waals surface area contributed by atoms with Crippen molar-refractivity contribution >= 4 is 18.0 Å². The van der Waals surface area contributed by atoms with Crippen molar-refractivity contribution in [1.29, 1.82) is 0 Å². The fourth-order valence-electron chi connectivity index (χ4n) is 4.69. The zero-order chi connectivity index (χ0) is 54.9. The Morgan fingerprint density at radius 2 is 0.812 bits per heavy atom. The molecule has 5 atom stereocenters. The molecule has 39 heteroatoms. The summed E-state index contributed by atoms with van der Waals surface area (Å²) in [5.74, 6) is -41.3. The van der Waals surface area contributed by atoms with Crippen molar-refractivity contribution in [2.75, 3.05) is 26.4 Å². The van der Waals surface area contributed by atoms with Gasteiger partial charge in [-0.3, -0.25) is 18.9 Å². The molecular formula is C30H25F28NO10. The van der Waals surface area contributed by atoms with E-state index in [9.17, 15) is 133 Å². The lowest BCUT2D eigenvalue weighted by Gasteiger charge is -2.44. The van der Waals surface area contributed by atoms with E-state index >= 15 is 4.39 Å². The molecule has 0 spiro atoms. The van der Waals surface area contributed by atoms with Gasteiger partial charge in [0.2, 0.25) is 0 Å². The van der Waals surface area contributed by atoms with Crippen LogP contribution in [0.4, 0.5) is 128 Å². The van der Waals surface area contributed by atoms with E-state index in [1.165, 1.54) is 9.47 Å². The molecule has 0 aromatic rings. The molecule has 0 aliphatic heterocycles. The van der Waals surface area contributed by atoms with E-state index in [2.05, 4.69) is 21.4 Å². The molecule has 5 unspecified atom stereocenters. The maximum Gasteiger partial charge on any atom is 0.460 e. The Morgan fingerprint density at radius 1 is 0.478 bits per heavy atom. The first-order valence-corrected chi connectivity index (χ1v) is 17.3. The number of alkyl carbamates (subject to hydrolysis) is 1. The highest BCUT2D eigenvalue weighted by molar-refractivity contribution is 5.81. The predicted molar refractivity (Wildman–Crippen MR) is 156 cm³/mol. The van der Waals surface area contributed by atoms with Crippen molar-refractivity contribution in [2.45, 2.75) is 117 Å². The molecular weight excluding hydrogens is 1070 g/mol. The molecule has 406 valence electrons. The molecule has 1 aliphatic carbocycles. The highest BCUT2D eigenvalue weighted by Gasteiger charge is 2.90. The molecule has 1 N–H and O–H groups in total. The van der Waals surface area contributed by atoms with Crippen LogP contribution in [0.2, 0.25) is 0 Å². The van der Waals surface area contributed by atoms with Gasteiger partial charge in [0.05, 0.1) is 19.8 Å². The molecule has 0 heterocycles. The second kappa shape index (κ2) is 20.1.